The summed E-state index contributed by atoms with van der Waals surface area (Å²) in [5.41, 5.74) is -0.674. The average molecular weight is 172 g/mol. The minimum absolute atomic E-state index is 0.0277. The first-order valence-electron chi connectivity index (χ1n) is 4.65. The third-order valence-electron chi connectivity index (χ3n) is 2.52. The number of ketones is 1. The Morgan fingerprint density at radius 1 is 1.50 bits per heavy atom. The first kappa shape index (κ1) is 11.6. The van der Waals surface area contributed by atoms with Gasteiger partial charge in [0, 0.05) is 5.92 Å². The van der Waals surface area contributed by atoms with Gasteiger partial charge in [-0.15, -0.1) is 0 Å². The highest BCUT2D eigenvalue weighted by Gasteiger charge is 2.24. The largest absolute Gasteiger partial charge is 0.390 e. The van der Waals surface area contributed by atoms with Crippen molar-refractivity contribution in [3.8, 4) is 0 Å². The van der Waals surface area contributed by atoms with E-state index in [0.29, 0.717) is 12.8 Å². The van der Waals surface area contributed by atoms with E-state index < -0.39 is 5.60 Å². The van der Waals surface area contributed by atoms with Gasteiger partial charge in [0.1, 0.15) is 5.78 Å². The van der Waals surface area contributed by atoms with Gasteiger partial charge in [-0.05, 0) is 33.1 Å². The smallest absolute Gasteiger partial charge is 0.133 e. The Bertz CT molecular complexity index is 150. The molecular weight excluding hydrogens is 152 g/mol. The second kappa shape index (κ2) is 4.61. The third-order valence-corrected chi connectivity index (χ3v) is 2.52. The van der Waals surface area contributed by atoms with Crippen LogP contribution in [0.1, 0.15) is 47.0 Å². The minimum Gasteiger partial charge on any atom is -0.390 e. The van der Waals surface area contributed by atoms with Crippen molar-refractivity contribution in [2.45, 2.75) is 52.6 Å². The molecule has 0 aromatic heterocycles. The lowest BCUT2D eigenvalue weighted by Crippen LogP contribution is -2.28. The van der Waals surface area contributed by atoms with Gasteiger partial charge in [-0.25, -0.2) is 0 Å². The molecule has 0 amide bonds. The van der Waals surface area contributed by atoms with Gasteiger partial charge in [-0.1, -0.05) is 13.8 Å². The molecule has 0 radical (unpaired) electrons. The van der Waals surface area contributed by atoms with Gasteiger partial charge in [-0.2, -0.15) is 0 Å². The predicted octanol–water partition coefficient (Wildman–Crippen LogP) is 2.15. The molecule has 2 unspecified atom stereocenters. The molecule has 0 heterocycles. The molecular formula is C10H20O2. The fraction of sp³-hybridized carbons (Fsp3) is 0.900. The molecule has 0 aliphatic rings. The van der Waals surface area contributed by atoms with Crippen LogP contribution in [0.5, 0.6) is 0 Å². The molecule has 0 spiro atoms. The highest BCUT2D eigenvalue weighted by Crippen LogP contribution is 2.22. The van der Waals surface area contributed by atoms with Gasteiger partial charge in [0.25, 0.3) is 0 Å². The van der Waals surface area contributed by atoms with E-state index in [2.05, 4.69) is 0 Å². The second-order valence-corrected chi connectivity index (χ2v) is 3.77. The van der Waals surface area contributed by atoms with Crippen molar-refractivity contribution in [1.82, 2.24) is 0 Å². The van der Waals surface area contributed by atoms with Crippen LogP contribution in [-0.4, -0.2) is 16.5 Å². The van der Waals surface area contributed by atoms with Crippen LogP contribution in [0.3, 0.4) is 0 Å². The lowest BCUT2D eigenvalue weighted by Gasteiger charge is -2.25. The van der Waals surface area contributed by atoms with E-state index in [1.54, 1.807) is 13.8 Å². The molecule has 2 nitrogen and oxygen atoms in total. The van der Waals surface area contributed by atoms with E-state index in [9.17, 15) is 9.90 Å². The van der Waals surface area contributed by atoms with Crippen LogP contribution in [0.15, 0.2) is 0 Å². The molecule has 0 saturated heterocycles. The summed E-state index contributed by atoms with van der Waals surface area (Å²) in [7, 11) is 0. The van der Waals surface area contributed by atoms with Crippen LogP contribution < -0.4 is 0 Å². The van der Waals surface area contributed by atoms with Gasteiger partial charge >= 0.3 is 0 Å². The Balaban J connectivity index is 4.11. The summed E-state index contributed by atoms with van der Waals surface area (Å²) >= 11 is 0. The second-order valence-electron chi connectivity index (χ2n) is 3.77. The molecule has 0 aliphatic carbocycles. The standard InChI is InChI=1S/C10H20O2/c1-5-9(8(3)11)7-10(4,12)6-2/h9,12H,5-7H2,1-4H3. The fourth-order valence-electron chi connectivity index (χ4n) is 1.25. The van der Waals surface area contributed by atoms with Crippen molar-refractivity contribution in [3.63, 3.8) is 0 Å². The first-order valence-corrected chi connectivity index (χ1v) is 4.65. The Morgan fingerprint density at radius 2 is 2.00 bits per heavy atom. The summed E-state index contributed by atoms with van der Waals surface area (Å²) < 4.78 is 0. The minimum atomic E-state index is -0.674. The lowest BCUT2D eigenvalue weighted by atomic mass is 9.86. The highest BCUT2D eigenvalue weighted by molar-refractivity contribution is 5.78. The molecule has 0 aliphatic heterocycles. The van der Waals surface area contributed by atoms with E-state index in [0.717, 1.165) is 6.42 Å². The lowest BCUT2D eigenvalue weighted by molar-refractivity contribution is -0.123. The van der Waals surface area contributed by atoms with Crippen molar-refractivity contribution < 1.29 is 9.90 Å². The number of aliphatic hydroxyl groups is 1. The van der Waals surface area contributed by atoms with Gasteiger partial charge < -0.3 is 5.11 Å². The zero-order valence-corrected chi connectivity index (χ0v) is 8.55. The summed E-state index contributed by atoms with van der Waals surface area (Å²) in [6.07, 6.45) is 2.12. The van der Waals surface area contributed by atoms with Crippen LogP contribution in [-0.2, 0) is 4.79 Å². The Kier molecular flexibility index (Phi) is 4.46. The topological polar surface area (TPSA) is 37.3 Å². The van der Waals surface area contributed by atoms with Gasteiger partial charge in [-0.3, -0.25) is 4.79 Å². The number of carbonyl (C=O) groups excluding carboxylic acids is 1. The first-order chi connectivity index (χ1) is 5.43. The summed E-state index contributed by atoms with van der Waals surface area (Å²) in [4.78, 5) is 11.1. The van der Waals surface area contributed by atoms with Gasteiger partial charge in [0.05, 0.1) is 5.60 Å². The van der Waals surface area contributed by atoms with Crippen LogP contribution in [0.25, 0.3) is 0 Å². The molecule has 12 heavy (non-hydrogen) atoms. The maximum atomic E-state index is 11.1. The zero-order chi connectivity index (χ0) is 9.78. The van der Waals surface area contributed by atoms with Crippen molar-refractivity contribution in [3.05, 3.63) is 0 Å². The van der Waals surface area contributed by atoms with E-state index in [1.807, 2.05) is 13.8 Å². The van der Waals surface area contributed by atoms with Gasteiger partial charge in [0.2, 0.25) is 0 Å². The SMILES string of the molecule is CCC(CC(C)(O)CC)C(C)=O. The quantitative estimate of drug-likeness (QED) is 0.690. The number of hydrogen-bond donors (Lipinski definition) is 1. The number of Topliss-reactive ketones (excluding diaryl/α,β-unsaturated/α-hetero) is 1. The van der Waals surface area contributed by atoms with Crippen LogP contribution in [0.4, 0.5) is 0 Å². The Morgan fingerprint density at radius 3 is 2.25 bits per heavy atom. The molecule has 0 fully saturated rings. The van der Waals surface area contributed by atoms with Crippen LogP contribution in [0.2, 0.25) is 0 Å². The Labute approximate surface area is 75.0 Å². The zero-order valence-electron chi connectivity index (χ0n) is 8.55. The average Bonchev–Trinajstić information content (AvgIpc) is 2.00. The van der Waals surface area contributed by atoms with Crippen molar-refractivity contribution >= 4 is 5.78 Å². The number of carbonyl (C=O) groups is 1. The van der Waals surface area contributed by atoms with Crippen LogP contribution >= 0.6 is 0 Å². The van der Waals surface area contributed by atoms with Crippen molar-refractivity contribution in [2.24, 2.45) is 5.92 Å². The molecule has 72 valence electrons. The molecule has 0 aromatic rings. The maximum Gasteiger partial charge on any atom is 0.133 e. The maximum absolute atomic E-state index is 11.1. The van der Waals surface area contributed by atoms with Gasteiger partial charge in [0.15, 0.2) is 0 Å². The van der Waals surface area contributed by atoms with E-state index in [4.69, 9.17) is 0 Å². The molecule has 1 N–H and O–H groups in total. The summed E-state index contributed by atoms with van der Waals surface area (Å²) in [6, 6.07) is 0. The molecule has 0 bridgehead atoms. The highest BCUT2D eigenvalue weighted by atomic mass is 16.3. The normalized spacial score (nSPS) is 18.4. The third kappa shape index (κ3) is 3.86. The van der Waals surface area contributed by atoms with E-state index in [1.165, 1.54) is 0 Å². The molecule has 2 heteroatoms. The van der Waals surface area contributed by atoms with E-state index in [-0.39, 0.29) is 11.7 Å². The molecule has 2 atom stereocenters. The Hall–Kier alpha value is -0.370. The summed E-state index contributed by atoms with van der Waals surface area (Å²) in [6.45, 7) is 7.31. The summed E-state index contributed by atoms with van der Waals surface area (Å²) in [5.74, 6) is 0.214. The summed E-state index contributed by atoms with van der Waals surface area (Å²) in [5, 5.41) is 9.72. The molecule has 0 rings (SSSR count). The number of rotatable bonds is 5. The molecule has 0 saturated carbocycles. The monoisotopic (exact) mass is 172 g/mol. The van der Waals surface area contributed by atoms with Crippen molar-refractivity contribution in [1.29, 1.82) is 0 Å². The van der Waals surface area contributed by atoms with Crippen molar-refractivity contribution in [2.75, 3.05) is 0 Å². The van der Waals surface area contributed by atoms with E-state index >= 15 is 0 Å². The fourth-order valence-corrected chi connectivity index (χ4v) is 1.25. The predicted molar refractivity (Wildman–Crippen MR) is 50.0 cm³/mol. The molecule has 0 aromatic carbocycles. The van der Waals surface area contributed by atoms with Crippen LogP contribution in [0, 0.1) is 5.92 Å². The number of hydrogen-bond acceptors (Lipinski definition) is 2.